The quantitative estimate of drug-likeness (QED) is 0.628. The van der Waals surface area contributed by atoms with Gasteiger partial charge in [0, 0.05) is 30.9 Å². The van der Waals surface area contributed by atoms with Crippen LogP contribution in [-0.4, -0.2) is 45.0 Å². The van der Waals surface area contributed by atoms with Gasteiger partial charge in [-0.25, -0.2) is 19.7 Å². The molecule has 8 nitrogen and oxygen atoms in total. The summed E-state index contributed by atoms with van der Waals surface area (Å²) in [5, 5.41) is 3.19. The number of nitrogen functional groups attached to an aromatic ring is 2. The Balaban J connectivity index is 1.52. The highest BCUT2D eigenvalue weighted by atomic mass is 16.2. The molecule has 0 saturated heterocycles. The molecule has 0 aromatic carbocycles. The lowest BCUT2D eigenvalue weighted by Gasteiger charge is -2.30. The lowest BCUT2D eigenvalue weighted by atomic mass is 9.95. The number of anilines is 2. The molecule has 2 aliphatic rings. The van der Waals surface area contributed by atoms with Crippen molar-refractivity contribution in [2.24, 2.45) is 0 Å². The van der Waals surface area contributed by atoms with Gasteiger partial charge in [-0.15, -0.1) is 0 Å². The molecule has 2 aromatic rings. The first-order valence-electron chi connectivity index (χ1n) is 11.1. The van der Waals surface area contributed by atoms with E-state index in [1.54, 1.807) is 12.3 Å². The van der Waals surface area contributed by atoms with E-state index in [1.807, 2.05) is 24.0 Å². The van der Waals surface area contributed by atoms with E-state index in [4.69, 9.17) is 11.5 Å². The predicted molar refractivity (Wildman–Crippen MR) is 125 cm³/mol. The zero-order chi connectivity index (χ0) is 22.5. The lowest BCUT2D eigenvalue weighted by molar-refractivity contribution is 0.195. The first-order valence-corrected chi connectivity index (χ1v) is 11.1. The molecule has 0 radical (unpaired) electrons. The Morgan fingerprint density at radius 2 is 1.97 bits per heavy atom. The molecule has 0 atom stereocenters. The van der Waals surface area contributed by atoms with E-state index in [9.17, 15) is 4.79 Å². The van der Waals surface area contributed by atoms with Crippen molar-refractivity contribution in [3.05, 3.63) is 46.9 Å². The van der Waals surface area contributed by atoms with Crippen LogP contribution in [0.15, 0.2) is 24.4 Å². The molecule has 8 heteroatoms. The molecule has 1 aliphatic heterocycles. The standard InChI is InChI=1S/C24H29N7O/c1-16-20(9-7-17-8-10-21(25)27-15-17)22(30-23(26)28-16)18-11-13-31(14-12-18)24(32)29-19-5-3-2-4-6-19/h8,10-11,15,19H,2-6,12-14H2,1H3,(H2,25,27)(H,29,32)(H2,26,28,30). The number of hydrogen-bond donors (Lipinski definition) is 3. The van der Waals surface area contributed by atoms with E-state index in [2.05, 4.69) is 32.1 Å². The highest BCUT2D eigenvalue weighted by Crippen LogP contribution is 2.26. The van der Waals surface area contributed by atoms with E-state index in [0.717, 1.165) is 40.9 Å². The number of nitrogens with one attached hydrogen (secondary N) is 1. The Labute approximate surface area is 188 Å². The number of nitrogens with two attached hydrogens (primary N) is 2. The molecule has 2 amide bonds. The normalized spacial score (nSPS) is 16.7. The Bertz CT molecular complexity index is 1080. The number of carbonyl (C=O) groups excluding carboxylic acids is 1. The van der Waals surface area contributed by atoms with E-state index >= 15 is 0 Å². The largest absolute Gasteiger partial charge is 0.384 e. The summed E-state index contributed by atoms with van der Waals surface area (Å²) in [6.45, 7) is 3.04. The number of urea groups is 1. The van der Waals surface area contributed by atoms with Crippen LogP contribution in [0.2, 0.25) is 0 Å². The molecule has 32 heavy (non-hydrogen) atoms. The summed E-state index contributed by atoms with van der Waals surface area (Å²) in [4.78, 5) is 27.4. The topological polar surface area (TPSA) is 123 Å². The third-order valence-electron chi connectivity index (χ3n) is 5.96. The second-order valence-corrected chi connectivity index (χ2v) is 8.32. The summed E-state index contributed by atoms with van der Waals surface area (Å²) in [5.74, 6) is 6.96. The SMILES string of the molecule is Cc1nc(N)nc(C2=CCN(C(=O)NC3CCCCC3)CC2)c1C#Cc1ccc(N)nc1. The molecule has 0 unspecified atom stereocenters. The monoisotopic (exact) mass is 431 g/mol. The van der Waals surface area contributed by atoms with Crippen molar-refractivity contribution in [2.45, 2.75) is 51.5 Å². The van der Waals surface area contributed by atoms with Crippen LogP contribution in [0.5, 0.6) is 0 Å². The number of amides is 2. The molecular formula is C24H29N7O. The van der Waals surface area contributed by atoms with Crippen molar-refractivity contribution in [1.82, 2.24) is 25.2 Å². The number of hydrogen-bond acceptors (Lipinski definition) is 6. The molecule has 1 aliphatic carbocycles. The molecule has 166 valence electrons. The average molecular weight is 432 g/mol. The van der Waals surface area contributed by atoms with Crippen molar-refractivity contribution in [3.63, 3.8) is 0 Å². The summed E-state index contributed by atoms with van der Waals surface area (Å²) in [6.07, 6.45) is 10.2. The number of aryl methyl sites for hydroxylation is 1. The molecule has 4 rings (SSSR count). The smallest absolute Gasteiger partial charge is 0.317 e. The molecule has 0 spiro atoms. The molecule has 2 aromatic heterocycles. The first kappa shape index (κ1) is 21.6. The van der Waals surface area contributed by atoms with Crippen molar-refractivity contribution < 1.29 is 4.79 Å². The Morgan fingerprint density at radius 1 is 1.16 bits per heavy atom. The van der Waals surface area contributed by atoms with Crippen molar-refractivity contribution >= 4 is 23.4 Å². The minimum atomic E-state index is 0.0152. The van der Waals surface area contributed by atoms with Crippen LogP contribution >= 0.6 is 0 Å². The summed E-state index contributed by atoms with van der Waals surface area (Å²) in [5.41, 5.74) is 15.6. The van der Waals surface area contributed by atoms with E-state index in [1.165, 1.54) is 19.3 Å². The van der Waals surface area contributed by atoms with Crippen LogP contribution in [0.3, 0.4) is 0 Å². The van der Waals surface area contributed by atoms with Gasteiger partial charge >= 0.3 is 6.03 Å². The third kappa shape index (κ3) is 5.17. The van der Waals surface area contributed by atoms with Gasteiger partial charge in [0.25, 0.3) is 0 Å². The van der Waals surface area contributed by atoms with Gasteiger partial charge in [-0.05, 0) is 43.9 Å². The van der Waals surface area contributed by atoms with Gasteiger partial charge in [-0.3, -0.25) is 0 Å². The Morgan fingerprint density at radius 3 is 2.66 bits per heavy atom. The van der Waals surface area contributed by atoms with Crippen LogP contribution in [0.1, 0.15) is 61.0 Å². The summed E-state index contributed by atoms with van der Waals surface area (Å²) >= 11 is 0. The maximum absolute atomic E-state index is 12.7. The highest BCUT2D eigenvalue weighted by Gasteiger charge is 2.23. The van der Waals surface area contributed by atoms with Gasteiger partial charge in [0.2, 0.25) is 5.95 Å². The number of nitrogens with zero attached hydrogens (tertiary/aromatic N) is 4. The summed E-state index contributed by atoms with van der Waals surface area (Å²) in [7, 11) is 0. The molecule has 0 bridgehead atoms. The van der Waals surface area contributed by atoms with Crippen molar-refractivity contribution in [3.8, 4) is 11.8 Å². The third-order valence-corrected chi connectivity index (χ3v) is 5.96. The van der Waals surface area contributed by atoms with Gasteiger partial charge in [0.1, 0.15) is 5.82 Å². The second-order valence-electron chi connectivity index (χ2n) is 8.32. The van der Waals surface area contributed by atoms with E-state index in [0.29, 0.717) is 31.4 Å². The molecule has 1 fully saturated rings. The van der Waals surface area contributed by atoms with Crippen molar-refractivity contribution in [1.29, 1.82) is 0 Å². The molecule has 3 heterocycles. The predicted octanol–water partition coefficient (Wildman–Crippen LogP) is 2.88. The lowest BCUT2D eigenvalue weighted by Crippen LogP contribution is -2.46. The maximum atomic E-state index is 12.7. The van der Waals surface area contributed by atoms with E-state index in [-0.39, 0.29) is 12.0 Å². The van der Waals surface area contributed by atoms with Gasteiger partial charge in [-0.1, -0.05) is 37.2 Å². The molecule has 1 saturated carbocycles. The fraction of sp³-hybridized carbons (Fsp3) is 0.417. The fourth-order valence-corrected chi connectivity index (χ4v) is 4.17. The minimum Gasteiger partial charge on any atom is -0.384 e. The molecule has 5 N–H and O–H groups in total. The zero-order valence-corrected chi connectivity index (χ0v) is 18.4. The van der Waals surface area contributed by atoms with Crippen LogP contribution in [-0.2, 0) is 0 Å². The minimum absolute atomic E-state index is 0.0152. The second kappa shape index (κ2) is 9.69. The van der Waals surface area contributed by atoms with Gasteiger partial charge in [-0.2, -0.15) is 0 Å². The number of rotatable bonds is 2. The number of carbonyl (C=O) groups is 1. The van der Waals surface area contributed by atoms with Crippen LogP contribution in [0, 0.1) is 18.8 Å². The van der Waals surface area contributed by atoms with Gasteiger partial charge in [0.15, 0.2) is 0 Å². The Kier molecular flexibility index (Phi) is 6.55. The number of aromatic nitrogens is 3. The average Bonchev–Trinajstić information content (AvgIpc) is 2.80. The van der Waals surface area contributed by atoms with Gasteiger partial charge in [0.05, 0.1) is 17.0 Å². The summed E-state index contributed by atoms with van der Waals surface area (Å²) in [6, 6.07) is 3.86. The Hall–Kier alpha value is -3.60. The highest BCUT2D eigenvalue weighted by molar-refractivity contribution is 5.77. The maximum Gasteiger partial charge on any atom is 0.317 e. The van der Waals surface area contributed by atoms with Crippen molar-refractivity contribution in [2.75, 3.05) is 24.6 Å². The van der Waals surface area contributed by atoms with E-state index < -0.39 is 0 Å². The number of pyridine rings is 1. The van der Waals surface area contributed by atoms with Crippen LogP contribution in [0.25, 0.3) is 5.57 Å². The van der Waals surface area contributed by atoms with Crippen LogP contribution in [0.4, 0.5) is 16.6 Å². The van der Waals surface area contributed by atoms with Gasteiger partial charge < -0.3 is 21.7 Å². The first-order chi connectivity index (χ1) is 15.5. The van der Waals surface area contributed by atoms with Crippen LogP contribution < -0.4 is 16.8 Å². The zero-order valence-electron chi connectivity index (χ0n) is 18.4. The molecular weight excluding hydrogens is 402 g/mol. The fourth-order valence-electron chi connectivity index (χ4n) is 4.17. The summed E-state index contributed by atoms with van der Waals surface area (Å²) < 4.78 is 0.